The normalized spacial score (nSPS) is 15.9. The lowest BCUT2D eigenvalue weighted by Crippen LogP contribution is -2.41. The fraction of sp³-hybridized carbons (Fsp3) is 0.389. The standard InChI is InChI=1S/C18H20N6O4S2/c1-11-15(12(2)28-23-11)30(26,27)24-9-6-13(7-10-24)16(25)20-18-22-21-17(29-18)14-5-3-4-8-19-14/h3-5,8,13H,6-7,9-10H2,1-2H3,(H,20,22,25). The lowest BCUT2D eigenvalue weighted by Gasteiger charge is -2.30. The van der Waals surface area contributed by atoms with E-state index in [2.05, 4.69) is 25.7 Å². The predicted molar refractivity (Wildman–Crippen MR) is 109 cm³/mol. The second-order valence-electron chi connectivity index (χ2n) is 6.95. The number of nitrogens with zero attached hydrogens (tertiary/aromatic N) is 5. The Morgan fingerprint density at radius 2 is 2.00 bits per heavy atom. The molecule has 1 N–H and O–H groups in total. The first-order valence-corrected chi connectivity index (χ1v) is 11.6. The van der Waals surface area contributed by atoms with Gasteiger partial charge in [0.1, 0.15) is 16.3 Å². The maximum Gasteiger partial charge on any atom is 0.248 e. The molecule has 1 saturated heterocycles. The summed E-state index contributed by atoms with van der Waals surface area (Å²) in [4.78, 5) is 17.0. The Balaban J connectivity index is 1.38. The third-order valence-corrected chi connectivity index (χ3v) is 7.93. The number of nitrogens with one attached hydrogen (secondary N) is 1. The molecule has 12 heteroatoms. The summed E-state index contributed by atoms with van der Waals surface area (Å²) in [5.74, 6) is -0.219. The second kappa shape index (κ2) is 8.20. The number of carbonyl (C=O) groups excluding carboxylic acids is 1. The molecule has 1 aliphatic rings. The summed E-state index contributed by atoms with van der Waals surface area (Å²) >= 11 is 1.24. The predicted octanol–water partition coefficient (Wildman–Crippen LogP) is 2.24. The van der Waals surface area contributed by atoms with Crippen molar-refractivity contribution in [3.63, 3.8) is 0 Å². The summed E-state index contributed by atoms with van der Waals surface area (Å²) in [5, 5.41) is 15.6. The molecule has 4 heterocycles. The van der Waals surface area contributed by atoms with Crippen LogP contribution in [0.15, 0.2) is 33.8 Å². The van der Waals surface area contributed by atoms with Crippen LogP contribution in [0.2, 0.25) is 0 Å². The number of sulfonamides is 1. The van der Waals surface area contributed by atoms with Crippen molar-refractivity contribution in [2.45, 2.75) is 31.6 Å². The number of hydrogen-bond acceptors (Lipinski definition) is 9. The van der Waals surface area contributed by atoms with Gasteiger partial charge in [-0.15, -0.1) is 10.2 Å². The quantitative estimate of drug-likeness (QED) is 0.629. The smallest absolute Gasteiger partial charge is 0.248 e. The molecule has 10 nitrogen and oxygen atoms in total. The number of aromatic nitrogens is 4. The van der Waals surface area contributed by atoms with Crippen LogP contribution in [-0.4, -0.2) is 52.1 Å². The highest BCUT2D eigenvalue weighted by Crippen LogP contribution is 2.29. The summed E-state index contributed by atoms with van der Waals surface area (Å²) in [5.41, 5.74) is 1.03. The van der Waals surface area contributed by atoms with Crippen molar-refractivity contribution in [2.24, 2.45) is 5.92 Å². The van der Waals surface area contributed by atoms with E-state index in [1.165, 1.54) is 15.6 Å². The zero-order valence-electron chi connectivity index (χ0n) is 16.4. The van der Waals surface area contributed by atoms with Gasteiger partial charge in [0, 0.05) is 25.2 Å². The molecule has 158 valence electrons. The molecule has 3 aromatic heterocycles. The first-order chi connectivity index (χ1) is 14.4. The molecule has 0 unspecified atom stereocenters. The zero-order chi connectivity index (χ0) is 21.3. The highest BCUT2D eigenvalue weighted by molar-refractivity contribution is 7.89. The minimum absolute atomic E-state index is 0.112. The third kappa shape index (κ3) is 3.98. The van der Waals surface area contributed by atoms with Crippen molar-refractivity contribution in [2.75, 3.05) is 18.4 Å². The van der Waals surface area contributed by atoms with Crippen molar-refractivity contribution in [3.8, 4) is 10.7 Å². The van der Waals surface area contributed by atoms with Gasteiger partial charge < -0.3 is 9.84 Å². The fourth-order valence-electron chi connectivity index (χ4n) is 3.40. The van der Waals surface area contributed by atoms with E-state index in [0.717, 1.165) is 0 Å². The number of hydrogen-bond donors (Lipinski definition) is 1. The minimum atomic E-state index is -3.70. The van der Waals surface area contributed by atoms with Gasteiger partial charge in [0.15, 0.2) is 10.8 Å². The average molecular weight is 449 g/mol. The molecule has 0 aliphatic carbocycles. The number of anilines is 1. The Bertz CT molecular complexity index is 1130. The Labute approximate surface area is 177 Å². The van der Waals surface area contributed by atoms with Crippen LogP contribution in [0.5, 0.6) is 0 Å². The molecule has 0 radical (unpaired) electrons. The largest absolute Gasteiger partial charge is 0.360 e. The SMILES string of the molecule is Cc1noc(C)c1S(=O)(=O)N1CCC(C(=O)Nc2nnc(-c3ccccn3)s2)CC1. The average Bonchev–Trinajstić information content (AvgIpc) is 3.35. The van der Waals surface area contributed by atoms with Crippen molar-refractivity contribution >= 4 is 32.4 Å². The van der Waals surface area contributed by atoms with Crippen LogP contribution in [0.1, 0.15) is 24.3 Å². The molecule has 0 spiro atoms. The molecule has 0 aromatic carbocycles. The summed E-state index contributed by atoms with van der Waals surface area (Å²) in [7, 11) is -3.70. The topological polar surface area (TPSA) is 131 Å². The van der Waals surface area contributed by atoms with Gasteiger partial charge in [-0.1, -0.05) is 22.6 Å². The second-order valence-corrected chi connectivity index (χ2v) is 9.80. The summed E-state index contributed by atoms with van der Waals surface area (Å²) < 4.78 is 32.2. The van der Waals surface area contributed by atoms with E-state index in [-0.39, 0.29) is 35.6 Å². The molecule has 1 aliphatic heterocycles. The first-order valence-electron chi connectivity index (χ1n) is 9.35. The maximum atomic E-state index is 12.9. The van der Waals surface area contributed by atoms with Crippen LogP contribution in [0.25, 0.3) is 10.7 Å². The van der Waals surface area contributed by atoms with Crippen molar-refractivity contribution in [1.82, 2.24) is 24.6 Å². The zero-order valence-corrected chi connectivity index (χ0v) is 18.0. The van der Waals surface area contributed by atoms with Crippen LogP contribution >= 0.6 is 11.3 Å². The van der Waals surface area contributed by atoms with Gasteiger partial charge in [-0.3, -0.25) is 9.78 Å². The van der Waals surface area contributed by atoms with Crippen LogP contribution in [0, 0.1) is 19.8 Å². The molecule has 4 rings (SSSR count). The van der Waals surface area contributed by atoms with E-state index in [4.69, 9.17) is 4.52 Å². The number of piperidine rings is 1. The molecular weight excluding hydrogens is 428 g/mol. The van der Waals surface area contributed by atoms with Gasteiger partial charge in [0.05, 0.1) is 0 Å². The molecule has 0 bridgehead atoms. The number of rotatable bonds is 5. The van der Waals surface area contributed by atoms with Gasteiger partial charge in [-0.25, -0.2) is 8.42 Å². The summed E-state index contributed by atoms with van der Waals surface area (Å²) in [6.07, 6.45) is 2.50. The summed E-state index contributed by atoms with van der Waals surface area (Å²) in [6.45, 7) is 3.68. The highest BCUT2D eigenvalue weighted by Gasteiger charge is 2.35. The molecule has 0 saturated carbocycles. The highest BCUT2D eigenvalue weighted by atomic mass is 32.2. The van der Waals surface area contributed by atoms with Crippen molar-refractivity contribution in [1.29, 1.82) is 0 Å². The van der Waals surface area contributed by atoms with E-state index in [1.54, 1.807) is 20.0 Å². The Morgan fingerprint density at radius 3 is 2.63 bits per heavy atom. The third-order valence-electron chi connectivity index (χ3n) is 4.93. The molecular formula is C18H20N6O4S2. The van der Waals surface area contributed by atoms with Crippen LogP contribution in [0.4, 0.5) is 5.13 Å². The van der Waals surface area contributed by atoms with E-state index in [9.17, 15) is 13.2 Å². The number of amides is 1. The number of carbonyl (C=O) groups is 1. The van der Waals surface area contributed by atoms with Crippen LogP contribution < -0.4 is 5.32 Å². The summed E-state index contributed by atoms with van der Waals surface area (Å²) in [6, 6.07) is 5.49. The minimum Gasteiger partial charge on any atom is -0.360 e. The monoisotopic (exact) mass is 448 g/mol. The van der Waals surface area contributed by atoms with Crippen molar-refractivity contribution < 1.29 is 17.7 Å². The molecule has 1 fully saturated rings. The van der Waals surface area contributed by atoms with Crippen LogP contribution in [0.3, 0.4) is 0 Å². The van der Waals surface area contributed by atoms with Gasteiger partial charge in [-0.2, -0.15) is 4.31 Å². The van der Waals surface area contributed by atoms with E-state index in [1.807, 2.05) is 18.2 Å². The Hall–Kier alpha value is -2.70. The molecule has 1 amide bonds. The number of aryl methyl sites for hydroxylation is 2. The first kappa shape index (κ1) is 20.6. The molecule has 0 atom stereocenters. The van der Waals surface area contributed by atoms with Crippen molar-refractivity contribution in [3.05, 3.63) is 35.9 Å². The Morgan fingerprint density at radius 1 is 1.23 bits per heavy atom. The van der Waals surface area contributed by atoms with Gasteiger partial charge in [-0.05, 0) is 38.8 Å². The molecule has 30 heavy (non-hydrogen) atoms. The maximum absolute atomic E-state index is 12.9. The van der Waals surface area contributed by atoms with Gasteiger partial charge >= 0.3 is 0 Å². The van der Waals surface area contributed by atoms with E-state index in [0.29, 0.717) is 34.4 Å². The van der Waals surface area contributed by atoms with E-state index >= 15 is 0 Å². The van der Waals surface area contributed by atoms with E-state index < -0.39 is 10.0 Å². The lowest BCUT2D eigenvalue weighted by molar-refractivity contribution is -0.120. The Kier molecular flexibility index (Phi) is 5.62. The van der Waals surface area contributed by atoms with Crippen LogP contribution in [-0.2, 0) is 14.8 Å². The number of pyridine rings is 1. The fourth-order valence-corrected chi connectivity index (χ4v) is 5.89. The van der Waals surface area contributed by atoms with Gasteiger partial charge in [0.25, 0.3) is 0 Å². The lowest BCUT2D eigenvalue weighted by atomic mass is 9.97. The molecule has 3 aromatic rings. The van der Waals surface area contributed by atoms with Gasteiger partial charge in [0.2, 0.25) is 21.1 Å².